The van der Waals surface area contributed by atoms with Crippen molar-refractivity contribution in [1.82, 2.24) is 10.2 Å². The predicted molar refractivity (Wildman–Crippen MR) is 96.9 cm³/mol. The first kappa shape index (κ1) is 17.5. The number of rotatable bonds is 6. The first-order chi connectivity index (χ1) is 12.3. The number of hydrogen-bond acceptors (Lipinski definition) is 4. The third-order valence-corrected chi connectivity index (χ3v) is 4.40. The highest BCUT2D eigenvalue weighted by Crippen LogP contribution is 2.17. The van der Waals surface area contributed by atoms with E-state index in [-0.39, 0.29) is 11.9 Å². The van der Waals surface area contributed by atoms with Crippen LogP contribution in [0.1, 0.15) is 22.0 Å². The van der Waals surface area contributed by atoms with Crippen LogP contribution in [0, 0.1) is 0 Å². The number of amides is 1. The number of carbonyl (C=O) groups is 1. The maximum Gasteiger partial charge on any atom is 0.251 e. The molecule has 1 fully saturated rings. The molecular weight excluding hydrogens is 316 g/mol. The lowest BCUT2D eigenvalue weighted by Gasteiger charge is -2.31. The van der Waals surface area contributed by atoms with E-state index in [2.05, 4.69) is 22.3 Å². The highest BCUT2D eigenvalue weighted by atomic mass is 16.5. The molecule has 1 aliphatic heterocycles. The summed E-state index contributed by atoms with van der Waals surface area (Å²) in [5.41, 5.74) is 1.74. The summed E-state index contributed by atoms with van der Waals surface area (Å²) in [6.45, 7) is 4.04. The van der Waals surface area contributed by atoms with Crippen LogP contribution in [-0.2, 0) is 4.74 Å². The lowest BCUT2D eigenvalue weighted by molar-refractivity contribution is 0.0332. The Morgan fingerprint density at radius 3 is 2.44 bits per heavy atom. The van der Waals surface area contributed by atoms with Crippen molar-refractivity contribution in [2.45, 2.75) is 6.04 Å². The van der Waals surface area contributed by atoms with Crippen LogP contribution in [0.5, 0.6) is 5.75 Å². The summed E-state index contributed by atoms with van der Waals surface area (Å²) < 4.78 is 10.6. The highest BCUT2D eigenvalue weighted by Gasteiger charge is 2.20. The molecule has 0 saturated carbocycles. The van der Waals surface area contributed by atoms with E-state index < -0.39 is 0 Å². The molecule has 0 aromatic heterocycles. The third kappa shape index (κ3) is 4.81. The van der Waals surface area contributed by atoms with Gasteiger partial charge in [-0.25, -0.2) is 0 Å². The Hall–Kier alpha value is -2.37. The lowest BCUT2D eigenvalue weighted by atomic mass is 10.1. The maximum atomic E-state index is 12.7. The van der Waals surface area contributed by atoms with Crippen molar-refractivity contribution in [3.05, 3.63) is 65.7 Å². The third-order valence-electron chi connectivity index (χ3n) is 4.40. The number of nitrogens with one attached hydrogen (secondary N) is 1. The summed E-state index contributed by atoms with van der Waals surface area (Å²) in [7, 11) is 1.61. The number of benzene rings is 2. The van der Waals surface area contributed by atoms with E-state index in [9.17, 15) is 4.79 Å². The van der Waals surface area contributed by atoms with Crippen LogP contribution in [0.15, 0.2) is 54.6 Å². The van der Waals surface area contributed by atoms with Gasteiger partial charge in [-0.05, 0) is 29.8 Å². The summed E-state index contributed by atoms with van der Waals surface area (Å²) in [5.74, 6) is 0.661. The van der Waals surface area contributed by atoms with Crippen LogP contribution >= 0.6 is 0 Å². The van der Waals surface area contributed by atoms with Crippen molar-refractivity contribution >= 4 is 5.91 Å². The Labute approximate surface area is 148 Å². The van der Waals surface area contributed by atoms with E-state index in [1.54, 1.807) is 31.4 Å². The Bertz CT molecular complexity index is 667. The summed E-state index contributed by atoms with van der Waals surface area (Å²) in [6.07, 6.45) is 0. The van der Waals surface area contributed by atoms with Crippen molar-refractivity contribution in [3.63, 3.8) is 0 Å². The van der Waals surface area contributed by atoms with Crippen LogP contribution in [0.4, 0.5) is 0 Å². The average Bonchev–Trinajstić information content (AvgIpc) is 2.69. The maximum absolute atomic E-state index is 12.7. The lowest BCUT2D eigenvalue weighted by Crippen LogP contribution is -2.43. The summed E-state index contributed by atoms with van der Waals surface area (Å²) >= 11 is 0. The van der Waals surface area contributed by atoms with Crippen molar-refractivity contribution in [2.75, 3.05) is 40.0 Å². The first-order valence-electron chi connectivity index (χ1n) is 8.56. The molecule has 0 unspecified atom stereocenters. The number of carbonyl (C=O) groups excluding carboxylic acids is 1. The molecular formula is C20H24N2O3. The molecule has 0 bridgehead atoms. The van der Waals surface area contributed by atoms with Crippen molar-refractivity contribution in [3.8, 4) is 5.75 Å². The fourth-order valence-corrected chi connectivity index (χ4v) is 2.95. The second-order valence-corrected chi connectivity index (χ2v) is 6.08. The van der Waals surface area contributed by atoms with Crippen LogP contribution in [-0.4, -0.2) is 50.8 Å². The summed E-state index contributed by atoms with van der Waals surface area (Å²) in [6, 6.07) is 17.2. The van der Waals surface area contributed by atoms with E-state index in [1.807, 2.05) is 18.2 Å². The van der Waals surface area contributed by atoms with Gasteiger partial charge in [0.1, 0.15) is 5.75 Å². The monoisotopic (exact) mass is 340 g/mol. The molecule has 132 valence electrons. The molecule has 1 amide bonds. The molecule has 1 aliphatic rings. The SMILES string of the molecule is COc1ccc(C(=O)N[C@@H](CN2CCOCC2)c2ccccc2)cc1. The molecule has 2 aromatic rings. The number of morpholine rings is 1. The van der Waals surface area contributed by atoms with Gasteiger partial charge >= 0.3 is 0 Å². The molecule has 1 saturated heterocycles. The molecule has 5 heteroatoms. The van der Waals surface area contributed by atoms with Crippen molar-refractivity contribution in [1.29, 1.82) is 0 Å². The fraction of sp³-hybridized carbons (Fsp3) is 0.350. The standard InChI is InChI=1S/C20H24N2O3/c1-24-18-9-7-17(8-10-18)20(23)21-19(16-5-3-2-4-6-16)15-22-11-13-25-14-12-22/h2-10,19H,11-15H2,1H3,(H,21,23)/t19-/m0/s1. The zero-order valence-electron chi connectivity index (χ0n) is 14.5. The molecule has 3 rings (SSSR count). The van der Waals surface area contributed by atoms with E-state index in [4.69, 9.17) is 9.47 Å². The number of methoxy groups -OCH3 is 1. The number of ether oxygens (including phenoxy) is 2. The molecule has 2 aromatic carbocycles. The Kier molecular flexibility index (Phi) is 6.04. The van der Waals surface area contributed by atoms with Gasteiger partial charge in [-0.2, -0.15) is 0 Å². The quantitative estimate of drug-likeness (QED) is 0.878. The minimum Gasteiger partial charge on any atom is -0.497 e. The van der Waals surface area contributed by atoms with Gasteiger partial charge < -0.3 is 14.8 Å². The minimum absolute atomic E-state index is 0.0612. The second-order valence-electron chi connectivity index (χ2n) is 6.08. The van der Waals surface area contributed by atoms with Gasteiger partial charge in [0.2, 0.25) is 0 Å². The molecule has 0 aliphatic carbocycles. The van der Waals surface area contributed by atoms with Crippen LogP contribution in [0.3, 0.4) is 0 Å². The molecule has 1 N–H and O–H groups in total. The van der Waals surface area contributed by atoms with E-state index in [0.717, 1.165) is 44.2 Å². The zero-order valence-corrected chi connectivity index (χ0v) is 14.5. The van der Waals surface area contributed by atoms with Gasteiger partial charge in [-0.1, -0.05) is 30.3 Å². The number of hydrogen-bond donors (Lipinski definition) is 1. The average molecular weight is 340 g/mol. The number of nitrogens with zero attached hydrogens (tertiary/aromatic N) is 1. The minimum atomic E-state index is -0.0789. The fourth-order valence-electron chi connectivity index (χ4n) is 2.95. The van der Waals surface area contributed by atoms with Gasteiger partial charge in [0, 0.05) is 25.2 Å². The highest BCUT2D eigenvalue weighted by molar-refractivity contribution is 5.94. The summed E-state index contributed by atoms with van der Waals surface area (Å²) in [5, 5.41) is 3.17. The van der Waals surface area contributed by atoms with Gasteiger partial charge in [-0.3, -0.25) is 9.69 Å². The molecule has 25 heavy (non-hydrogen) atoms. The van der Waals surface area contributed by atoms with Gasteiger partial charge in [0.15, 0.2) is 0 Å². The summed E-state index contributed by atoms with van der Waals surface area (Å²) in [4.78, 5) is 15.0. The largest absolute Gasteiger partial charge is 0.497 e. The molecule has 0 radical (unpaired) electrons. The van der Waals surface area contributed by atoms with E-state index in [0.29, 0.717) is 5.56 Å². The van der Waals surface area contributed by atoms with Crippen LogP contribution < -0.4 is 10.1 Å². The first-order valence-corrected chi connectivity index (χ1v) is 8.56. The van der Waals surface area contributed by atoms with E-state index >= 15 is 0 Å². The molecule has 1 atom stereocenters. The van der Waals surface area contributed by atoms with Gasteiger partial charge in [0.05, 0.1) is 26.4 Å². The van der Waals surface area contributed by atoms with Gasteiger partial charge in [-0.15, -0.1) is 0 Å². The smallest absolute Gasteiger partial charge is 0.251 e. The van der Waals surface area contributed by atoms with Crippen molar-refractivity contribution in [2.24, 2.45) is 0 Å². The van der Waals surface area contributed by atoms with Gasteiger partial charge in [0.25, 0.3) is 5.91 Å². The van der Waals surface area contributed by atoms with Crippen molar-refractivity contribution < 1.29 is 14.3 Å². The molecule has 5 nitrogen and oxygen atoms in total. The Morgan fingerprint density at radius 1 is 1.12 bits per heavy atom. The molecule has 1 heterocycles. The van der Waals surface area contributed by atoms with Crippen LogP contribution in [0.25, 0.3) is 0 Å². The van der Waals surface area contributed by atoms with E-state index in [1.165, 1.54) is 0 Å². The predicted octanol–water partition coefficient (Wildman–Crippen LogP) is 2.50. The Morgan fingerprint density at radius 2 is 1.80 bits per heavy atom. The topological polar surface area (TPSA) is 50.8 Å². The molecule has 0 spiro atoms. The zero-order chi connectivity index (χ0) is 17.5. The Balaban J connectivity index is 1.72. The normalized spacial score (nSPS) is 16.2. The second kappa shape index (κ2) is 8.65. The van der Waals surface area contributed by atoms with Crippen LogP contribution in [0.2, 0.25) is 0 Å².